The summed E-state index contributed by atoms with van der Waals surface area (Å²) in [5, 5.41) is 0. The third-order valence-corrected chi connectivity index (χ3v) is 13.9. The van der Waals surface area contributed by atoms with Crippen LogP contribution in [0.25, 0.3) is 0 Å². The standard InChI is InChI=1S/C20H46O5S2Si2/c1-21-9-11-23-13-17-26-15-7-19-28(3,4)25-29(5,6)20-8-16-27-18-14-24-12-10-22-2/h7-20H2,1-6H3. The van der Waals surface area contributed by atoms with Gasteiger partial charge in [-0.3, -0.25) is 0 Å². The fourth-order valence-electron chi connectivity index (χ4n) is 2.98. The molecule has 0 saturated heterocycles. The van der Waals surface area contributed by atoms with Gasteiger partial charge in [0.25, 0.3) is 0 Å². The molecule has 0 aliphatic rings. The molecule has 0 amide bonds. The van der Waals surface area contributed by atoms with E-state index < -0.39 is 16.6 Å². The highest BCUT2D eigenvalue weighted by Gasteiger charge is 2.32. The first-order valence-electron chi connectivity index (χ1n) is 10.8. The first kappa shape index (κ1) is 29.9. The van der Waals surface area contributed by atoms with Crippen LogP contribution in [0.5, 0.6) is 0 Å². The molecule has 0 fully saturated rings. The molecule has 5 nitrogen and oxygen atoms in total. The topological polar surface area (TPSA) is 46.2 Å². The molecule has 0 aromatic heterocycles. The van der Waals surface area contributed by atoms with Crippen molar-refractivity contribution < 1.29 is 23.1 Å². The van der Waals surface area contributed by atoms with Gasteiger partial charge in [-0.25, -0.2) is 0 Å². The lowest BCUT2D eigenvalue weighted by atomic mass is 10.6. The first-order chi connectivity index (χ1) is 13.8. The van der Waals surface area contributed by atoms with Crippen LogP contribution < -0.4 is 0 Å². The van der Waals surface area contributed by atoms with Crippen molar-refractivity contribution in [3.8, 4) is 0 Å². The molecule has 0 aliphatic carbocycles. The Morgan fingerprint density at radius 3 is 1.34 bits per heavy atom. The fourth-order valence-corrected chi connectivity index (χ4v) is 13.9. The van der Waals surface area contributed by atoms with Gasteiger partial charge in [-0.2, -0.15) is 23.5 Å². The zero-order valence-corrected chi connectivity index (χ0v) is 23.4. The lowest BCUT2D eigenvalue weighted by Gasteiger charge is -2.34. The van der Waals surface area contributed by atoms with Gasteiger partial charge in [0.1, 0.15) is 0 Å². The van der Waals surface area contributed by atoms with E-state index in [1.807, 2.05) is 23.5 Å². The highest BCUT2D eigenvalue weighted by molar-refractivity contribution is 7.99. The summed E-state index contributed by atoms with van der Waals surface area (Å²) < 4.78 is 27.7. The van der Waals surface area contributed by atoms with Crippen LogP contribution in [0.2, 0.25) is 38.3 Å². The van der Waals surface area contributed by atoms with E-state index in [2.05, 4.69) is 26.2 Å². The normalized spacial score (nSPS) is 12.6. The minimum Gasteiger partial charge on any atom is -0.455 e. The van der Waals surface area contributed by atoms with Crippen molar-refractivity contribution in [2.45, 2.75) is 51.1 Å². The molecule has 0 spiro atoms. The third-order valence-electron chi connectivity index (χ3n) is 4.30. The van der Waals surface area contributed by atoms with Crippen LogP contribution in [-0.2, 0) is 23.1 Å². The van der Waals surface area contributed by atoms with E-state index in [0.717, 1.165) is 24.7 Å². The zero-order chi connectivity index (χ0) is 21.8. The predicted molar refractivity (Wildman–Crippen MR) is 135 cm³/mol. The molecule has 9 heteroatoms. The SMILES string of the molecule is COCCOCCSCCC[Si](C)(C)O[Si](C)(C)CCCSCCOCCOC. The van der Waals surface area contributed by atoms with Gasteiger partial charge < -0.3 is 23.1 Å². The monoisotopic (exact) mass is 486 g/mol. The number of thioether (sulfide) groups is 2. The fraction of sp³-hybridized carbons (Fsp3) is 1.00. The molecule has 0 N–H and O–H groups in total. The second-order valence-electron chi connectivity index (χ2n) is 8.26. The maximum absolute atomic E-state index is 6.75. The van der Waals surface area contributed by atoms with Gasteiger partial charge in [-0.1, -0.05) is 0 Å². The van der Waals surface area contributed by atoms with Gasteiger partial charge in [0.15, 0.2) is 16.6 Å². The van der Waals surface area contributed by atoms with Gasteiger partial charge in [0, 0.05) is 25.7 Å². The van der Waals surface area contributed by atoms with Gasteiger partial charge in [-0.05, 0) is 62.6 Å². The van der Waals surface area contributed by atoms with Crippen molar-refractivity contribution in [2.75, 3.05) is 76.9 Å². The van der Waals surface area contributed by atoms with Crippen molar-refractivity contribution in [2.24, 2.45) is 0 Å². The zero-order valence-electron chi connectivity index (χ0n) is 19.8. The maximum Gasteiger partial charge on any atom is 0.173 e. The second kappa shape index (κ2) is 19.6. The minimum absolute atomic E-state index is 0.684. The van der Waals surface area contributed by atoms with Crippen LogP contribution in [0.3, 0.4) is 0 Å². The third kappa shape index (κ3) is 21.9. The van der Waals surface area contributed by atoms with Crippen LogP contribution in [0.4, 0.5) is 0 Å². The van der Waals surface area contributed by atoms with Crippen molar-refractivity contribution in [1.82, 2.24) is 0 Å². The Balaban J connectivity index is 3.69. The Kier molecular flexibility index (Phi) is 20.2. The van der Waals surface area contributed by atoms with Gasteiger partial charge in [-0.15, -0.1) is 0 Å². The summed E-state index contributed by atoms with van der Waals surface area (Å²) in [6, 6.07) is 2.52. The molecule has 0 aliphatic heterocycles. The summed E-state index contributed by atoms with van der Waals surface area (Å²) in [6.45, 7) is 14.0. The molecule has 0 atom stereocenters. The number of hydrogen-bond donors (Lipinski definition) is 0. The molecule has 0 rings (SSSR count). The highest BCUT2D eigenvalue weighted by Crippen LogP contribution is 2.25. The van der Waals surface area contributed by atoms with Gasteiger partial charge in [0.05, 0.1) is 39.6 Å². The van der Waals surface area contributed by atoms with Crippen molar-refractivity contribution in [1.29, 1.82) is 0 Å². The molecule has 0 saturated carbocycles. The van der Waals surface area contributed by atoms with Crippen LogP contribution in [0, 0.1) is 0 Å². The van der Waals surface area contributed by atoms with Crippen molar-refractivity contribution in [3.63, 3.8) is 0 Å². The average Bonchev–Trinajstić information content (AvgIpc) is 2.64. The van der Waals surface area contributed by atoms with E-state index in [1.165, 1.54) is 36.4 Å². The molecule has 0 heterocycles. The summed E-state index contributed by atoms with van der Waals surface area (Å²) in [5.74, 6) is 4.56. The molecular weight excluding hydrogens is 441 g/mol. The Morgan fingerprint density at radius 1 is 0.552 bits per heavy atom. The molecule has 29 heavy (non-hydrogen) atoms. The smallest absolute Gasteiger partial charge is 0.173 e. The lowest BCUT2D eigenvalue weighted by Crippen LogP contribution is -2.44. The summed E-state index contributed by atoms with van der Waals surface area (Å²) in [7, 11) is 0.298. The number of hydrogen-bond acceptors (Lipinski definition) is 7. The first-order valence-corrected chi connectivity index (χ1v) is 19.4. The summed E-state index contributed by atoms with van der Waals surface area (Å²) in [5.41, 5.74) is 0. The quantitative estimate of drug-likeness (QED) is 0.158. The van der Waals surface area contributed by atoms with Gasteiger partial charge in [0.2, 0.25) is 0 Å². The Morgan fingerprint density at radius 2 is 0.966 bits per heavy atom. The predicted octanol–water partition coefficient (Wildman–Crippen LogP) is 4.99. The molecular formula is C20H46O5S2Si2. The largest absolute Gasteiger partial charge is 0.455 e. The van der Waals surface area contributed by atoms with E-state index in [1.54, 1.807) is 14.2 Å². The summed E-state index contributed by atoms with van der Waals surface area (Å²) >= 11 is 3.98. The maximum atomic E-state index is 6.75. The van der Waals surface area contributed by atoms with E-state index in [-0.39, 0.29) is 0 Å². The molecule has 0 radical (unpaired) electrons. The van der Waals surface area contributed by atoms with Crippen LogP contribution in [0.1, 0.15) is 12.8 Å². The molecule has 176 valence electrons. The number of rotatable bonds is 22. The number of ether oxygens (including phenoxy) is 4. The van der Waals surface area contributed by atoms with Crippen molar-refractivity contribution in [3.05, 3.63) is 0 Å². The molecule has 0 aromatic rings. The highest BCUT2D eigenvalue weighted by atomic mass is 32.2. The number of methoxy groups -OCH3 is 2. The minimum atomic E-state index is -1.56. The molecule has 0 unspecified atom stereocenters. The van der Waals surface area contributed by atoms with Gasteiger partial charge >= 0.3 is 0 Å². The van der Waals surface area contributed by atoms with Crippen LogP contribution in [-0.4, -0.2) is 93.5 Å². The van der Waals surface area contributed by atoms with E-state index in [9.17, 15) is 0 Å². The second-order valence-corrected chi connectivity index (χ2v) is 19.6. The average molecular weight is 487 g/mol. The van der Waals surface area contributed by atoms with E-state index in [0.29, 0.717) is 26.4 Å². The van der Waals surface area contributed by atoms with E-state index >= 15 is 0 Å². The lowest BCUT2D eigenvalue weighted by molar-refractivity contribution is 0.0790. The summed E-state index contributed by atoms with van der Waals surface area (Å²) in [6.07, 6.45) is 2.51. The Labute approximate surface area is 190 Å². The summed E-state index contributed by atoms with van der Waals surface area (Å²) in [4.78, 5) is 0. The Hall–Kier alpha value is 0.934. The van der Waals surface area contributed by atoms with Crippen LogP contribution >= 0.6 is 23.5 Å². The Bertz CT molecular complexity index is 332. The van der Waals surface area contributed by atoms with Crippen molar-refractivity contribution >= 4 is 40.2 Å². The molecule has 0 aromatic carbocycles. The van der Waals surface area contributed by atoms with Crippen LogP contribution in [0.15, 0.2) is 0 Å². The van der Waals surface area contributed by atoms with E-state index in [4.69, 9.17) is 23.1 Å². The molecule has 0 bridgehead atoms.